The molecule has 0 aromatic carbocycles. The molecule has 3 atom stereocenters. The van der Waals surface area contributed by atoms with Gasteiger partial charge >= 0.3 is 9.28 Å². The fourth-order valence-electron chi connectivity index (χ4n) is 1.59. The highest BCUT2D eigenvalue weighted by molar-refractivity contribution is 6.44. The van der Waals surface area contributed by atoms with Crippen molar-refractivity contribution in [2.24, 2.45) is 0 Å². The van der Waals surface area contributed by atoms with Gasteiger partial charge in [-0.15, -0.1) is 0 Å². The monoisotopic (exact) mass is 278 g/mol. The second-order valence-electron chi connectivity index (χ2n) is 4.54. The molecule has 0 bridgehead atoms. The largest absolute Gasteiger partial charge is 0.400 e. The van der Waals surface area contributed by atoms with Crippen LogP contribution in [0.4, 0.5) is 0 Å². The van der Waals surface area contributed by atoms with E-state index in [9.17, 15) is 0 Å². The van der Waals surface area contributed by atoms with Gasteiger partial charge in [0.2, 0.25) is 0 Å². The number of hydrogen-bond donors (Lipinski definition) is 0. The van der Waals surface area contributed by atoms with Crippen molar-refractivity contribution in [2.45, 2.75) is 24.4 Å². The third-order valence-electron chi connectivity index (χ3n) is 2.91. The van der Waals surface area contributed by atoms with Crippen molar-refractivity contribution in [3.8, 4) is 0 Å². The first-order chi connectivity index (χ1) is 8.81. The second kappa shape index (κ2) is 7.54. The summed E-state index contributed by atoms with van der Waals surface area (Å²) in [5, 5.41) is 0. The summed E-state index contributed by atoms with van der Waals surface area (Å²) in [6, 6.07) is 0.783. The number of hydrogen-bond acceptors (Lipinski definition) is 6. The van der Waals surface area contributed by atoms with Gasteiger partial charge in [0.1, 0.15) is 12.2 Å². The summed E-state index contributed by atoms with van der Waals surface area (Å²) in [5.74, 6) is 0. The summed E-state index contributed by atoms with van der Waals surface area (Å²) in [5.41, 5.74) is 0. The Kier molecular flexibility index (Phi) is 6.03. The van der Waals surface area contributed by atoms with Crippen LogP contribution >= 0.6 is 0 Å². The Morgan fingerprint density at radius 2 is 1.72 bits per heavy atom. The van der Waals surface area contributed by atoms with Crippen molar-refractivity contribution >= 4 is 9.28 Å². The van der Waals surface area contributed by atoms with E-state index in [1.165, 1.54) is 0 Å². The maximum atomic E-state index is 5.79. The molecule has 0 N–H and O–H groups in total. The molecule has 2 heterocycles. The third kappa shape index (κ3) is 5.74. The van der Waals surface area contributed by atoms with E-state index in [0.717, 1.165) is 19.3 Å². The molecule has 2 aliphatic heterocycles. The Morgan fingerprint density at radius 1 is 1.11 bits per heavy atom. The quantitative estimate of drug-likeness (QED) is 0.382. The molecule has 7 heteroatoms. The van der Waals surface area contributed by atoms with Crippen molar-refractivity contribution in [3.05, 3.63) is 0 Å². The summed E-state index contributed by atoms with van der Waals surface area (Å²) in [4.78, 5) is 0. The minimum Gasteiger partial charge on any atom is -0.400 e. The van der Waals surface area contributed by atoms with Gasteiger partial charge in [0.25, 0.3) is 0 Å². The molecular formula is C11H22O6Si. The Labute approximate surface area is 109 Å². The van der Waals surface area contributed by atoms with Gasteiger partial charge in [-0.25, -0.2) is 0 Å². The summed E-state index contributed by atoms with van der Waals surface area (Å²) in [6.45, 7) is 3.45. The zero-order valence-corrected chi connectivity index (χ0v) is 12.2. The molecule has 0 spiro atoms. The molecule has 2 fully saturated rings. The Balaban J connectivity index is 1.64. The highest BCUT2D eigenvalue weighted by Crippen LogP contribution is 2.14. The lowest BCUT2D eigenvalue weighted by atomic mass is 10.4. The van der Waals surface area contributed by atoms with Gasteiger partial charge in [-0.2, -0.15) is 0 Å². The van der Waals surface area contributed by atoms with Gasteiger partial charge in [0.05, 0.1) is 39.1 Å². The van der Waals surface area contributed by atoms with E-state index < -0.39 is 9.28 Å². The van der Waals surface area contributed by atoms with Crippen LogP contribution in [-0.4, -0.2) is 74.8 Å². The SMILES string of the molecule is CO[SiH](CC(COCC1CO1)OCC1CO1)OC. The van der Waals surface area contributed by atoms with Gasteiger partial charge in [-0.05, 0) is 0 Å². The van der Waals surface area contributed by atoms with Crippen molar-refractivity contribution in [1.82, 2.24) is 0 Å². The molecule has 0 saturated carbocycles. The van der Waals surface area contributed by atoms with E-state index in [2.05, 4.69) is 0 Å². The van der Waals surface area contributed by atoms with Crippen LogP contribution in [0.5, 0.6) is 0 Å². The maximum Gasteiger partial charge on any atom is 0.323 e. The zero-order valence-electron chi connectivity index (χ0n) is 11.0. The second-order valence-corrected chi connectivity index (χ2v) is 6.81. The smallest absolute Gasteiger partial charge is 0.323 e. The van der Waals surface area contributed by atoms with Crippen molar-refractivity contribution < 1.29 is 27.8 Å². The molecule has 2 aliphatic rings. The van der Waals surface area contributed by atoms with Crippen LogP contribution in [0.15, 0.2) is 0 Å². The minimum absolute atomic E-state index is 0.0181. The van der Waals surface area contributed by atoms with E-state index in [1.807, 2.05) is 0 Å². The van der Waals surface area contributed by atoms with Crippen LogP contribution in [-0.2, 0) is 27.8 Å². The van der Waals surface area contributed by atoms with Crippen molar-refractivity contribution in [3.63, 3.8) is 0 Å². The molecule has 3 unspecified atom stereocenters. The molecule has 0 radical (unpaired) electrons. The lowest BCUT2D eigenvalue weighted by Crippen LogP contribution is -2.31. The maximum absolute atomic E-state index is 5.79. The van der Waals surface area contributed by atoms with Gasteiger partial charge in [0, 0.05) is 20.3 Å². The van der Waals surface area contributed by atoms with Crippen LogP contribution in [0.1, 0.15) is 0 Å². The summed E-state index contributed by atoms with van der Waals surface area (Å²) >= 11 is 0. The first-order valence-corrected chi connectivity index (χ1v) is 8.06. The lowest BCUT2D eigenvalue weighted by Gasteiger charge is -2.20. The summed E-state index contributed by atoms with van der Waals surface area (Å²) in [6.07, 6.45) is 0.573. The zero-order chi connectivity index (χ0) is 12.8. The van der Waals surface area contributed by atoms with E-state index in [-0.39, 0.29) is 18.3 Å². The van der Waals surface area contributed by atoms with Gasteiger partial charge < -0.3 is 27.8 Å². The molecule has 106 valence electrons. The molecule has 6 nitrogen and oxygen atoms in total. The molecule has 0 aromatic heterocycles. The van der Waals surface area contributed by atoms with E-state index in [1.54, 1.807) is 14.2 Å². The van der Waals surface area contributed by atoms with Crippen molar-refractivity contribution in [1.29, 1.82) is 0 Å². The van der Waals surface area contributed by atoms with Crippen LogP contribution in [0.3, 0.4) is 0 Å². The van der Waals surface area contributed by atoms with Gasteiger partial charge in [-0.3, -0.25) is 0 Å². The fraction of sp³-hybridized carbons (Fsp3) is 1.00. The van der Waals surface area contributed by atoms with Crippen LogP contribution in [0.2, 0.25) is 6.04 Å². The first-order valence-electron chi connectivity index (χ1n) is 6.30. The molecular weight excluding hydrogens is 256 g/mol. The predicted octanol–water partition coefficient (Wildman–Crippen LogP) is -0.301. The number of epoxide rings is 2. The Hall–Kier alpha value is -0.0231. The lowest BCUT2D eigenvalue weighted by molar-refractivity contribution is -0.0178. The predicted molar refractivity (Wildman–Crippen MR) is 66.0 cm³/mol. The number of ether oxygens (including phenoxy) is 4. The average molecular weight is 278 g/mol. The Bertz CT molecular complexity index is 230. The van der Waals surface area contributed by atoms with E-state index in [0.29, 0.717) is 19.8 Å². The fourth-order valence-corrected chi connectivity index (χ4v) is 2.87. The molecule has 2 saturated heterocycles. The molecule has 18 heavy (non-hydrogen) atoms. The average Bonchev–Trinajstić information content (AvgIpc) is 3.26. The standard InChI is InChI=1S/C11H22O6Si/c1-12-18(13-2)8-11(17-7-10-6-16-10)4-14-3-9-5-15-9/h9-11,18H,3-8H2,1-2H3. The highest BCUT2D eigenvalue weighted by Gasteiger charge is 2.27. The normalized spacial score (nSPS) is 27.5. The van der Waals surface area contributed by atoms with Crippen LogP contribution in [0, 0.1) is 0 Å². The van der Waals surface area contributed by atoms with Gasteiger partial charge in [0.15, 0.2) is 0 Å². The topological polar surface area (TPSA) is 62.0 Å². The first kappa shape index (κ1) is 14.4. The van der Waals surface area contributed by atoms with Gasteiger partial charge in [-0.1, -0.05) is 0 Å². The van der Waals surface area contributed by atoms with E-state index >= 15 is 0 Å². The van der Waals surface area contributed by atoms with Crippen LogP contribution < -0.4 is 0 Å². The molecule has 0 aliphatic carbocycles. The molecule has 0 aromatic rings. The molecule has 0 amide bonds. The summed E-state index contributed by atoms with van der Waals surface area (Å²) < 4.78 is 32.2. The number of rotatable bonds is 11. The molecule has 2 rings (SSSR count). The van der Waals surface area contributed by atoms with E-state index in [4.69, 9.17) is 27.8 Å². The highest BCUT2D eigenvalue weighted by atomic mass is 28.3. The Morgan fingerprint density at radius 3 is 2.28 bits per heavy atom. The van der Waals surface area contributed by atoms with Crippen molar-refractivity contribution in [2.75, 3.05) is 47.3 Å². The minimum atomic E-state index is -1.62. The van der Waals surface area contributed by atoms with Crippen LogP contribution in [0.25, 0.3) is 0 Å². The summed E-state index contributed by atoms with van der Waals surface area (Å²) in [7, 11) is 1.74. The third-order valence-corrected chi connectivity index (χ3v) is 4.87.